The van der Waals surface area contributed by atoms with E-state index in [2.05, 4.69) is 10.6 Å². The average Bonchev–Trinajstić information content (AvgIpc) is 2.61. The number of anilines is 1. The molecule has 0 aliphatic rings. The topological polar surface area (TPSA) is 50.4 Å². The summed E-state index contributed by atoms with van der Waals surface area (Å²) in [5.74, 6) is -0.523. The second-order valence-corrected chi connectivity index (χ2v) is 6.46. The van der Waals surface area contributed by atoms with E-state index in [-0.39, 0.29) is 16.8 Å². The summed E-state index contributed by atoms with van der Waals surface area (Å²) in [4.78, 5) is 12.8. The number of ether oxygens (including phenoxy) is 1. The lowest BCUT2D eigenvalue weighted by Crippen LogP contribution is -2.40. The van der Waals surface area contributed by atoms with E-state index in [1.54, 1.807) is 30.3 Å². The molecule has 0 bridgehead atoms. The molecule has 146 valence electrons. The highest BCUT2D eigenvalue weighted by molar-refractivity contribution is 6.33. The number of carbonyl (C=O) groups is 1. The minimum Gasteiger partial charge on any atom is -0.383 e. The van der Waals surface area contributed by atoms with Gasteiger partial charge in [-0.25, -0.2) is 0 Å². The summed E-state index contributed by atoms with van der Waals surface area (Å²) >= 11 is 5.97. The van der Waals surface area contributed by atoms with Gasteiger partial charge in [0.25, 0.3) is 0 Å². The Hall–Kier alpha value is -2.09. The Morgan fingerprint density at radius 3 is 2.44 bits per heavy atom. The Balaban J connectivity index is 2.28. The summed E-state index contributed by atoms with van der Waals surface area (Å²) in [6, 6.07) is 10.7. The Morgan fingerprint density at radius 1 is 1.19 bits per heavy atom. The summed E-state index contributed by atoms with van der Waals surface area (Å²) in [5, 5.41) is 5.63. The van der Waals surface area contributed by atoms with Crippen LogP contribution in [0.2, 0.25) is 5.02 Å². The van der Waals surface area contributed by atoms with Gasteiger partial charge in [0.2, 0.25) is 5.91 Å². The fourth-order valence-corrected chi connectivity index (χ4v) is 2.72. The molecule has 27 heavy (non-hydrogen) atoms. The summed E-state index contributed by atoms with van der Waals surface area (Å²) < 4.78 is 43.9. The van der Waals surface area contributed by atoms with E-state index >= 15 is 0 Å². The highest BCUT2D eigenvalue weighted by Gasteiger charge is 2.31. The summed E-state index contributed by atoms with van der Waals surface area (Å²) in [6.07, 6.45) is -4.53. The maximum atomic E-state index is 12.9. The number of halogens is 4. The number of hydrogen-bond donors (Lipinski definition) is 2. The standard InChI is InChI=1S/C19H20ClF3N2O2/c1-12(11-27-2)24-17(13-6-4-3-5-7-13)18(26)25-16-10-14(19(21,22)23)8-9-15(16)20/h3-10,12,17,24H,11H2,1-2H3,(H,25,26)/t12-,17-/m0/s1. The molecule has 2 N–H and O–H groups in total. The first kappa shape index (κ1) is 21.2. The second-order valence-electron chi connectivity index (χ2n) is 6.05. The van der Waals surface area contributed by atoms with Gasteiger partial charge in [0.1, 0.15) is 6.04 Å². The van der Waals surface area contributed by atoms with E-state index in [1.807, 2.05) is 6.92 Å². The monoisotopic (exact) mass is 400 g/mol. The molecule has 4 nitrogen and oxygen atoms in total. The Kier molecular flexibility index (Phi) is 7.24. The molecule has 0 saturated heterocycles. The molecule has 0 unspecified atom stereocenters. The number of nitrogens with one attached hydrogen (secondary N) is 2. The van der Waals surface area contributed by atoms with Gasteiger partial charge in [0, 0.05) is 13.2 Å². The van der Waals surface area contributed by atoms with Crippen LogP contribution in [0, 0.1) is 0 Å². The molecule has 0 fully saturated rings. The van der Waals surface area contributed by atoms with E-state index in [1.165, 1.54) is 7.11 Å². The van der Waals surface area contributed by atoms with Crippen LogP contribution in [0.3, 0.4) is 0 Å². The SMILES string of the molecule is COC[C@H](C)N[C@H](C(=O)Nc1cc(C(F)(F)F)ccc1Cl)c1ccccc1. The predicted molar refractivity (Wildman–Crippen MR) is 98.7 cm³/mol. The highest BCUT2D eigenvalue weighted by Crippen LogP contribution is 2.34. The number of carbonyl (C=O) groups excluding carboxylic acids is 1. The van der Waals surface area contributed by atoms with E-state index < -0.39 is 23.7 Å². The van der Waals surface area contributed by atoms with Crippen molar-refractivity contribution in [3.63, 3.8) is 0 Å². The van der Waals surface area contributed by atoms with Gasteiger partial charge in [0.05, 0.1) is 22.9 Å². The van der Waals surface area contributed by atoms with Crippen molar-refractivity contribution >= 4 is 23.2 Å². The van der Waals surface area contributed by atoms with Crippen LogP contribution in [0.15, 0.2) is 48.5 Å². The zero-order chi connectivity index (χ0) is 20.0. The van der Waals surface area contributed by atoms with Crippen LogP contribution in [0.4, 0.5) is 18.9 Å². The molecule has 2 rings (SSSR count). The zero-order valence-corrected chi connectivity index (χ0v) is 15.6. The van der Waals surface area contributed by atoms with E-state index in [0.29, 0.717) is 12.2 Å². The molecule has 0 aromatic heterocycles. The molecule has 1 amide bonds. The highest BCUT2D eigenvalue weighted by atomic mass is 35.5. The number of hydrogen-bond acceptors (Lipinski definition) is 3. The largest absolute Gasteiger partial charge is 0.416 e. The third-order valence-corrected chi connectivity index (χ3v) is 4.14. The van der Waals surface area contributed by atoms with Crippen molar-refractivity contribution in [2.75, 3.05) is 19.0 Å². The lowest BCUT2D eigenvalue weighted by molar-refractivity contribution is -0.137. The molecule has 2 atom stereocenters. The molecular formula is C19H20ClF3N2O2. The lowest BCUT2D eigenvalue weighted by atomic mass is 10.0. The lowest BCUT2D eigenvalue weighted by Gasteiger charge is -2.23. The fourth-order valence-electron chi connectivity index (χ4n) is 2.55. The molecule has 8 heteroatoms. The van der Waals surface area contributed by atoms with Crippen LogP contribution in [0.1, 0.15) is 24.1 Å². The maximum Gasteiger partial charge on any atom is 0.416 e. The number of alkyl halides is 3. The summed E-state index contributed by atoms with van der Waals surface area (Å²) in [7, 11) is 1.54. The number of benzene rings is 2. The molecule has 0 spiro atoms. The molecule has 0 aliphatic heterocycles. The van der Waals surface area contributed by atoms with Crippen LogP contribution in [-0.4, -0.2) is 25.7 Å². The van der Waals surface area contributed by atoms with Gasteiger partial charge in [-0.2, -0.15) is 13.2 Å². The summed E-state index contributed by atoms with van der Waals surface area (Å²) in [5.41, 5.74) is -0.321. The van der Waals surface area contributed by atoms with Crippen LogP contribution in [-0.2, 0) is 15.7 Å². The first-order chi connectivity index (χ1) is 12.7. The van der Waals surface area contributed by atoms with Crippen LogP contribution < -0.4 is 10.6 Å². The normalized spacial score (nSPS) is 13.9. The first-order valence-electron chi connectivity index (χ1n) is 8.20. The van der Waals surface area contributed by atoms with Crippen molar-refractivity contribution in [3.8, 4) is 0 Å². The fraction of sp³-hybridized carbons (Fsp3) is 0.316. The van der Waals surface area contributed by atoms with Gasteiger partial charge in [-0.15, -0.1) is 0 Å². The van der Waals surface area contributed by atoms with Gasteiger partial charge in [-0.1, -0.05) is 41.9 Å². The molecule has 2 aromatic rings. The molecule has 2 aromatic carbocycles. The number of amides is 1. The van der Waals surface area contributed by atoms with Crippen molar-refractivity contribution in [1.29, 1.82) is 0 Å². The zero-order valence-electron chi connectivity index (χ0n) is 14.8. The van der Waals surface area contributed by atoms with Gasteiger partial charge in [-0.3, -0.25) is 10.1 Å². The first-order valence-corrected chi connectivity index (χ1v) is 8.57. The average molecular weight is 401 g/mol. The number of rotatable bonds is 7. The maximum absolute atomic E-state index is 12.9. The van der Waals surface area contributed by atoms with Gasteiger partial charge in [0.15, 0.2) is 0 Å². The number of methoxy groups -OCH3 is 1. The third kappa shape index (κ3) is 5.95. The minimum atomic E-state index is -4.53. The molecule has 0 radical (unpaired) electrons. The van der Waals surface area contributed by atoms with E-state index in [4.69, 9.17) is 16.3 Å². The Bertz CT molecular complexity index is 769. The van der Waals surface area contributed by atoms with Crippen molar-refractivity contribution in [3.05, 3.63) is 64.7 Å². The van der Waals surface area contributed by atoms with E-state index in [0.717, 1.165) is 18.2 Å². The van der Waals surface area contributed by atoms with E-state index in [9.17, 15) is 18.0 Å². The van der Waals surface area contributed by atoms with Gasteiger partial charge >= 0.3 is 6.18 Å². The van der Waals surface area contributed by atoms with Crippen molar-refractivity contribution in [2.45, 2.75) is 25.2 Å². The quantitative estimate of drug-likeness (QED) is 0.710. The predicted octanol–water partition coefficient (Wildman–Crippen LogP) is 4.66. The van der Waals surface area contributed by atoms with Gasteiger partial charge in [-0.05, 0) is 30.7 Å². The van der Waals surface area contributed by atoms with Crippen molar-refractivity contribution < 1.29 is 22.7 Å². The third-order valence-electron chi connectivity index (χ3n) is 3.81. The Morgan fingerprint density at radius 2 is 1.85 bits per heavy atom. The second kappa shape index (κ2) is 9.21. The molecular weight excluding hydrogens is 381 g/mol. The minimum absolute atomic E-state index is 0.0214. The van der Waals surface area contributed by atoms with Crippen LogP contribution in [0.25, 0.3) is 0 Å². The summed E-state index contributed by atoms with van der Waals surface area (Å²) in [6.45, 7) is 2.20. The van der Waals surface area contributed by atoms with Crippen molar-refractivity contribution in [1.82, 2.24) is 5.32 Å². The van der Waals surface area contributed by atoms with Crippen molar-refractivity contribution in [2.24, 2.45) is 0 Å². The molecule has 0 heterocycles. The Labute approximate surface area is 160 Å². The van der Waals surface area contributed by atoms with Crippen LogP contribution >= 0.6 is 11.6 Å². The van der Waals surface area contributed by atoms with Gasteiger partial charge < -0.3 is 10.1 Å². The smallest absolute Gasteiger partial charge is 0.383 e. The molecule has 0 aliphatic carbocycles. The molecule has 0 saturated carbocycles. The van der Waals surface area contributed by atoms with Crippen LogP contribution in [0.5, 0.6) is 0 Å².